The molecule has 1 N–H and O–H groups in total. The number of nitrogens with one attached hydrogen (secondary N) is 1. The highest BCUT2D eigenvalue weighted by Gasteiger charge is 2.11. The molecule has 0 aliphatic heterocycles. The molecule has 0 radical (unpaired) electrons. The number of aromatic nitrogens is 1. The van der Waals surface area contributed by atoms with Crippen molar-refractivity contribution in [3.63, 3.8) is 0 Å². The van der Waals surface area contributed by atoms with E-state index in [0.29, 0.717) is 5.56 Å². The SMILES string of the molecule is O=C(CNC(=O)c1ccc2ccccc2c1)OCc1nc2ccccc2s1. The first-order valence-corrected chi connectivity index (χ1v) is 9.28. The van der Waals surface area contributed by atoms with Crippen LogP contribution in [0.2, 0.25) is 0 Å². The van der Waals surface area contributed by atoms with Gasteiger partial charge in [-0.05, 0) is 35.0 Å². The molecule has 4 rings (SSSR count). The number of rotatable bonds is 5. The quantitative estimate of drug-likeness (QED) is 0.536. The lowest BCUT2D eigenvalue weighted by atomic mass is 10.1. The second-order valence-electron chi connectivity index (χ2n) is 5.98. The minimum atomic E-state index is -0.497. The topological polar surface area (TPSA) is 68.3 Å². The normalized spacial score (nSPS) is 10.8. The monoisotopic (exact) mass is 376 g/mol. The Labute approximate surface area is 159 Å². The summed E-state index contributed by atoms with van der Waals surface area (Å²) in [7, 11) is 0. The standard InChI is InChI=1S/C21H16N2O3S/c24-20(26-13-19-23-17-7-3-4-8-18(17)27-19)12-22-21(25)16-10-9-14-5-1-2-6-15(14)11-16/h1-11H,12-13H2,(H,22,25). The minimum Gasteiger partial charge on any atom is -0.457 e. The van der Waals surface area contributed by atoms with Crippen LogP contribution in [0.3, 0.4) is 0 Å². The molecule has 0 aliphatic carbocycles. The van der Waals surface area contributed by atoms with Crippen LogP contribution in [0.15, 0.2) is 66.7 Å². The first-order chi connectivity index (χ1) is 13.2. The minimum absolute atomic E-state index is 0.101. The molecule has 0 spiro atoms. The van der Waals surface area contributed by atoms with Crippen LogP contribution in [0.5, 0.6) is 0 Å². The summed E-state index contributed by atoms with van der Waals surface area (Å²) < 4.78 is 6.26. The third-order valence-electron chi connectivity index (χ3n) is 4.10. The molecule has 6 heteroatoms. The molecule has 0 aliphatic rings. The molecule has 134 valence electrons. The maximum atomic E-state index is 12.3. The number of carbonyl (C=O) groups excluding carboxylic acids is 2. The number of para-hydroxylation sites is 1. The lowest BCUT2D eigenvalue weighted by Crippen LogP contribution is -2.30. The molecule has 0 fully saturated rings. The van der Waals surface area contributed by atoms with Crippen LogP contribution in [0, 0.1) is 0 Å². The zero-order chi connectivity index (χ0) is 18.6. The molecular formula is C21H16N2O3S. The second-order valence-corrected chi connectivity index (χ2v) is 7.10. The molecule has 1 amide bonds. The van der Waals surface area contributed by atoms with E-state index in [9.17, 15) is 9.59 Å². The van der Waals surface area contributed by atoms with Gasteiger partial charge in [0.15, 0.2) is 0 Å². The van der Waals surface area contributed by atoms with Gasteiger partial charge in [-0.3, -0.25) is 9.59 Å². The molecule has 5 nitrogen and oxygen atoms in total. The number of ether oxygens (including phenoxy) is 1. The molecule has 4 aromatic rings. The van der Waals surface area contributed by atoms with Crippen molar-refractivity contribution in [3.8, 4) is 0 Å². The van der Waals surface area contributed by atoms with E-state index in [-0.39, 0.29) is 19.1 Å². The molecule has 0 unspecified atom stereocenters. The van der Waals surface area contributed by atoms with Gasteiger partial charge >= 0.3 is 5.97 Å². The zero-order valence-corrected chi connectivity index (χ0v) is 15.2. The van der Waals surface area contributed by atoms with Gasteiger partial charge in [0.1, 0.15) is 18.2 Å². The van der Waals surface area contributed by atoms with Crippen molar-refractivity contribution in [3.05, 3.63) is 77.3 Å². The maximum Gasteiger partial charge on any atom is 0.325 e. The van der Waals surface area contributed by atoms with Gasteiger partial charge in [-0.15, -0.1) is 11.3 Å². The number of amides is 1. The summed E-state index contributed by atoms with van der Waals surface area (Å²) in [4.78, 5) is 28.6. The van der Waals surface area contributed by atoms with Crippen LogP contribution in [0.4, 0.5) is 0 Å². The van der Waals surface area contributed by atoms with Gasteiger partial charge in [0.25, 0.3) is 5.91 Å². The predicted octanol–water partition coefficient (Wildman–Crippen LogP) is 3.92. The molecule has 0 bridgehead atoms. The molecule has 0 saturated carbocycles. The molecule has 3 aromatic carbocycles. The van der Waals surface area contributed by atoms with E-state index in [4.69, 9.17) is 4.74 Å². The summed E-state index contributed by atoms with van der Waals surface area (Å²) in [5, 5.41) is 5.36. The van der Waals surface area contributed by atoms with E-state index < -0.39 is 5.97 Å². The number of hydrogen-bond acceptors (Lipinski definition) is 5. The van der Waals surface area contributed by atoms with Gasteiger partial charge in [-0.2, -0.15) is 0 Å². The highest BCUT2D eigenvalue weighted by molar-refractivity contribution is 7.18. The number of fused-ring (bicyclic) bond motifs is 2. The second kappa shape index (κ2) is 7.55. The van der Waals surface area contributed by atoms with Crippen LogP contribution >= 0.6 is 11.3 Å². The van der Waals surface area contributed by atoms with Gasteiger partial charge in [-0.25, -0.2) is 4.98 Å². The molecular weight excluding hydrogens is 360 g/mol. The van der Waals surface area contributed by atoms with Crippen LogP contribution in [-0.2, 0) is 16.1 Å². The molecule has 1 heterocycles. The highest BCUT2D eigenvalue weighted by atomic mass is 32.1. The fraction of sp³-hybridized carbons (Fsp3) is 0.0952. The molecule has 27 heavy (non-hydrogen) atoms. The van der Waals surface area contributed by atoms with Crippen LogP contribution in [0.25, 0.3) is 21.0 Å². The van der Waals surface area contributed by atoms with E-state index in [2.05, 4.69) is 10.3 Å². The lowest BCUT2D eigenvalue weighted by molar-refractivity contribution is -0.143. The number of thiazole rings is 1. The Bertz CT molecular complexity index is 1100. The summed E-state index contributed by atoms with van der Waals surface area (Å²) in [6, 6.07) is 21.0. The summed E-state index contributed by atoms with van der Waals surface area (Å²) >= 11 is 1.49. The Hall–Kier alpha value is -3.25. The fourth-order valence-corrected chi connectivity index (χ4v) is 3.64. The third-order valence-corrected chi connectivity index (χ3v) is 5.11. The average Bonchev–Trinajstić information content (AvgIpc) is 3.13. The zero-order valence-electron chi connectivity index (χ0n) is 14.3. The van der Waals surface area contributed by atoms with Crippen molar-refractivity contribution >= 4 is 44.2 Å². The van der Waals surface area contributed by atoms with Gasteiger partial charge in [0.2, 0.25) is 0 Å². The van der Waals surface area contributed by atoms with Gasteiger partial charge in [0, 0.05) is 5.56 Å². The summed E-state index contributed by atoms with van der Waals surface area (Å²) in [5.41, 5.74) is 1.39. The highest BCUT2D eigenvalue weighted by Crippen LogP contribution is 2.22. The molecule has 0 saturated heterocycles. The first kappa shape index (κ1) is 17.2. The van der Waals surface area contributed by atoms with Crippen molar-refractivity contribution in [2.24, 2.45) is 0 Å². The van der Waals surface area contributed by atoms with Crippen molar-refractivity contribution in [1.82, 2.24) is 10.3 Å². The first-order valence-electron chi connectivity index (χ1n) is 8.46. The Morgan fingerprint density at radius 2 is 1.74 bits per heavy atom. The number of nitrogens with zero attached hydrogens (tertiary/aromatic N) is 1. The van der Waals surface area contributed by atoms with E-state index in [1.807, 2.05) is 54.6 Å². The number of hydrogen-bond donors (Lipinski definition) is 1. The Morgan fingerprint density at radius 3 is 2.59 bits per heavy atom. The smallest absolute Gasteiger partial charge is 0.325 e. The number of esters is 1. The van der Waals surface area contributed by atoms with Crippen LogP contribution in [-0.4, -0.2) is 23.4 Å². The van der Waals surface area contributed by atoms with Gasteiger partial charge in [0.05, 0.1) is 10.2 Å². The Balaban J connectivity index is 1.32. The largest absolute Gasteiger partial charge is 0.457 e. The predicted molar refractivity (Wildman–Crippen MR) is 106 cm³/mol. The van der Waals surface area contributed by atoms with Crippen LogP contribution in [0.1, 0.15) is 15.4 Å². The molecule has 0 atom stereocenters. The van der Waals surface area contributed by atoms with E-state index in [1.165, 1.54) is 11.3 Å². The summed E-state index contributed by atoms with van der Waals surface area (Å²) in [6.45, 7) is -0.0828. The summed E-state index contributed by atoms with van der Waals surface area (Å²) in [5.74, 6) is -0.805. The van der Waals surface area contributed by atoms with Gasteiger partial charge < -0.3 is 10.1 Å². The van der Waals surface area contributed by atoms with Crippen molar-refractivity contribution < 1.29 is 14.3 Å². The third kappa shape index (κ3) is 3.96. The average molecular weight is 376 g/mol. The van der Waals surface area contributed by atoms with E-state index in [1.54, 1.807) is 12.1 Å². The lowest BCUT2D eigenvalue weighted by Gasteiger charge is -2.06. The number of benzene rings is 3. The van der Waals surface area contributed by atoms with Crippen molar-refractivity contribution in [2.75, 3.05) is 6.54 Å². The van der Waals surface area contributed by atoms with Crippen molar-refractivity contribution in [2.45, 2.75) is 6.61 Å². The van der Waals surface area contributed by atoms with E-state index in [0.717, 1.165) is 26.0 Å². The molecule has 1 aromatic heterocycles. The maximum absolute atomic E-state index is 12.3. The van der Waals surface area contributed by atoms with Gasteiger partial charge in [-0.1, -0.05) is 42.5 Å². The van der Waals surface area contributed by atoms with Crippen LogP contribution < -0.4 is 5.32 Å². The van der Waals surface area contributed by atoms with E-state index >= 15 is 0 Å². The fourth-order valence-electron chi connectivity index (χ4n) is 2.76. The number of carbonyl (C=O) groups is 2. The van der Waals surface area contributed by atoms with Crippen molar-refractivity contribution in [1.29, 1.82) is 0 Å². The summed E-state index contributed by atoms with van der Waals surface area (Å²) in [6.07, 6.45) is 0. The Morgan fingerprint density at radius 1 is 0.963 bits per heavy atom. The Kier molecular flexibility index (Phi) is 4.80.